The number of hydrogen-bond acceptors (Lipinski definition) is 7. The van der Waals surface area contributed by atoms with Crippen LogP contribution < -0.4 is 4.52 Å². The van der Waals surface area contributed by atoms with Gasteiger partial charge in [-0.05, 0) is 13.0 Å². The van der Waals surface area contributed by atoms with Crippen molar-refractivity contribution in [1.82, 2.24) is 0 Å². The molecule has 1 rings (SSSR count). The van der Waals surface area contributed by atoms with Gasteiger partial charge in [0.1, 0.15) is 5.56 Å². The summed E-state index contributed by atoms with van der Waals surface area (Å²) in [6.45, 7) is 1.25. The Morgan fingerprint density at radius 1 is 1.29 bits per heavy atom. The number of aliphatic hydroxyl groups is 1. The Balaban J connectivity index is 3.59. The van der Waals surface area contributed by atoms with Crippen LogP contribution >= 0.6 is 7.82 Å². The van der Waals surface area contributed by atoms with Gasteiger partial charge in [-0.3, -0.25) is 30.0 Å². The van der Waals surface area contributed by atoms with Crippen molar-refractivity contribution in [3.63, 3.8) is 0 Å². The first-order valence-electron chi connectivity index (χ1n) is 5.40. The fourth-order valence-corrected chi connectivity index (χ4v) is 2.08. The lowest BCUT2D eigenvalue weighted by Gasteiger charge is -2.11. The number of nitro groups is 2. The lowest BCUT2D eigenvalue weighted by Crippen LogP contribution is -2.10. The van der Waals surface area contributed by atoms with Gasteiger partial charge >= 0.3 is 13.5 Å². The van der Waals surface area contributed by atoms with Crippen LogP contribution in [0.4, 0.5) is 11.4 Å². The van der Waals surface area contributed by atoms with Crippen LogP contribution in [0, 0.1) is 20.2 Å². The van der Waals surface area contributed by atoms with Crippen LogP contribution in [0.2, 0.25) is 0 Å². The second kappa shape index (κ2) is 6.14. The zero-order valence-corrected chi connectivity index (χ0v) is 11.5. The van der Waals surface area contributed by atoms with Gasteiger partial charge in [-0.25, -0.2) is 4.57 Å². The molecule has 1 aromatic rings. The minimum Gasteiger partial charge on any atom is -0.397 e. The summed E-state index contributed by atoms with van der Waals surface area (Å²) in [5.74, 6) is -0.811. The first-order valence-corrected chi connectivity index (χ1v) is 6.94. The maximum Gasteiger partial charge on any atom is 0.525 e. The molecule has 0 radical (unpaired) electrons. The van der Waals surface area contributed by atoms with Crippen molar-refractivity contribution in [2.24, 2.45) is 0 Å². The molecule has 0 bridgehead atoms. The van der Waals surface area contributed by atoms with Crippen LogP contribution in [0.25, 0.3) is 0 Å². The van der Waals surface area contributed by atoms with E-state index in [1.165, 1.54) is 6.92 Å². The summed E-state index contributed by atoms with van der Waals surface area (Å²) in [6.07, 6.45) is -1.60. The average Bonchev–Trinajstić information content (AvgIpc) is 2.24. The third kappa shape index (κ3) is 4.46. The molecule has 0 aromatic heterocycles. The normalized spacial score (nSPS) is 12.8. The summed E-state index contributed by atoms with van der Waals surface area (Å²) < 4.78 is 15.0. The van der Waals surface area contributed by atoms with Crippen LogP contribution in [-0.2, 0) is 11.0 Å². The molecule has 0 aliphatic heterocycles. The van der Waals surface area contributed by atoms with E-state index in [4.69, 9.17) is 9.79 Å². The molecule has 116 valence electrons. The predicted octanol–water partition coefficient (Wildman–Crippen LogP) is 0.898. The van der Waals surface area contributed by atoms with Crippen molar-refractivity contribution in [3.05, 3.63) is 37.9 Å². The third-order valence-electron chi connectivity index (χ3n) is 2.32. The number of nitrogens with zero attached hydrogens (tertiary/aromatic N) is 2. The van der Waals surface area contributed by atoms with Crippen molar-refractivity contribution in [2.45, 2.75) is 19.4 Å². The summed E-state index contributed by atoms with van der Waals surface area (Å²) in [5, 5.41) is 31.2. The van der Waals surface area contributed by atoms with Gasteiger partial charge in [0.05, 0.1) is 16.0 Å². The van der Waals surface area contributed by atoms with Gasteiger partial charge < -0.3 is 9.63 Å². The maximum absolute atomic E-state index is 11.1. The van der Waals surface area contributed by atoms with Gasteiger partial charge in [-0.1, -0.05) is 0 Å². The Bertz CT molecular complexity index is 624. The minimum absolute atomic E-state index is 0.453. The largest absolute Gasteiger partial charge is 0.525 e. The molecule has 1 unspecified atom stereocenters. The number of hydrogen-bond donors (Lipinski definition) is 3. The van der Waals surface area contributed by atoms with E-state index in [-0.39, 0.29) is 0 Å². The van der Waals surface area contributed by atoms with Crippen LogP contribution in [0.1, 0.15) is 12.5 Å². The van der Waals surface area contributed by atoms with Crippen molar-refractivity contribution < 1.29 is 33.8 Å². The molecule has 0 saturated carbocycles. The SMILES string of the molecule is CC(O)Cc1c([N+](=O)[O-])ccc(OP(=O)(O)O)c1[N+](=O)[O-]. The van der Waals surface area contributed by atoms with Gasteiger partial charge in [-0.2, -0.15) is 0 Å². The van der Waals surface area contributed by atoms with Crippen LogP contribution in [-0.4, -0.2) is 30.8 Å². The average molecular weight is 322 g/mol. The number of nitro benzene ring substituents is 2. The van der Waals surface area contributed by atoms with E-state index in [0.717, 1.165) is 12.1 Å². The second-order valence-electron chi connectivity index (χ2n) is 4.06. The van der Waals surface area contributed by atoms with Crippen molar-refractivity contribution in [1.29, 1.82) is 0 Å². The first kappa shape index (κ1) is 17.0. The summed E-state index contributed by atoms with van der Waals surface area (Å²) in [5.41, 5.74) is -2.10. The highest BCUT2D eigenvalue weighted by molar-refractivity contribution is 7.46. The molecule has 0 amide bonds. The summed E-state index contributed by atoms with van der Waals surface area (Å²) in [6, 6.07) is 1.54. The van der Waals surface area contributed by atoms with Gasteiger partial charge in [0.25, 0.3) is 5.69 Å². The Hall–Kier alpha value is -2.07. The van der Waals surface area contributed by atoms with Gasteiger partial charge in [0, 0.05) is 12.5 Å². The predicted molar refractivity (Wildman–Crippen MR) is 67.8 cm³/mol. The van der Waals surface area contributed by atoms with Crippen molar-refractivity contribution in [2.75, 3.05) is 0 Å². The monoisotopic (exact) mass is 322 g/mol. The fourth-order valence-electron chi connectivity index (χ4n) is 1.67. The molecule has 12 heteroatoms. The Morgan fingerprint density at radius 3 is 2.24 bits per heavy atom. The van der Waals surface area contributed by atoms with E-state index >= 15 is 0 Å². The minimum atomic E-state index is -5.08. The molecule has 0 aliphatic rings. The second-order valence-corrected chi connectivity index (χ2v) is 5.22. The third-order valence-corrected chi connectivity index (χ3v) is 2.75. The van der Waals surface area contributed by atoms with Crippen LogP contribution in [0.5, 0.6) is 5.75 Å². The molecule has 0 spiro atoms. The summed E-state index contributed by atoms with van der Waals surface area (Å²) in [4.78, 5) is 37.4. The number of rotatable bonds is 6. The van der Waals surface area contributed by atoms with E-state index in [1.54, 1.807) is 0 Å². The molecule has 0 fully saturated rings. The number of benzene rings is 1. The number of phosphoric ester groups is 1. The molecule has 11 nitrogen and oxygen atoms in total. The van der Waals surface area contributed by atoms with E-state index in [9.17, 15) is 29.9 Å². The molecule has 0 saturated heterocycles. The van der Waals surface area contributed by atoms with Gasteiger partial charge in [0.15, 0.2) is 0 Å². The van der Waals surface area contributed by atoms with Crippen molar-refractivity contribution in [3.8, 4) is 5.75 Å². The quantitative estimate of drug-likeness (QED) is 0.390. The first-order chi connectivity index (χ1) is 9.53. The van der Waals surface area contributed by atoms with Gasteiger partial charge in [-0.15, -0.1) is 0 Å². The summed E-state index contributed by atoms with van der Waals surface area (Å²) >= 11 is 0. The maximum atomic E-state index is 11.1. The highest BCUT2D eigenvalue weighted by atomic mass is 31.2. The molecular formula is C9H11N2O9P. The molecule has 1 aromatic carbocycles. The van der Waals surface area contributed by atoms with Crippen LogP contribution in [0.15, 0.2) is 12.1 Å². The number of aliphatic hydroxyl groups excluding tert-OH is 1. The topological polar surface area (TPSA) is 173 Å². The lowest BCUT2D eigenvalue weighted by molar-refractivity contribution is -0.396. The van der Waals surface area contributed by atoms with E-state index in [0.29, 0.717) is 0 Å². The highest BCUT2D eigenvalue weighted by Gasteiger charge is 2.33. The fraction of sp³-hybridized carbons (Fsp3) is 0.333. The Labute approximate surface area is 117 Å². The standard InChI is InChI=1S/C9H11N2O9P/c1-5(12)4-6-7(10(13)14)2-3-8(9(6)11(15)16)20-21(17,18)19/h2-3,5,12H,4H2,1H3,(H2,17,18,19). The lowest BCUT2D eigenvalue weighted by atomic mass is 10.0. The van der Waals surface area contributed by atoms with E-state index in [1.807, 2.05) is 0 Å². The smallest absolute Gasteiger partial charge is 0.397 e. The van der Waals surface area contributed by atoms with E-state index < -0.39 is 52.9 Å². The van der Waals surface area contributed by atoms with Crippen molar-refractivity contribution >= 4 is 19.2 Å². The van der Waals surface area contributed by atoms with Crippen LogP contribution in [0.3, 0.4) is 0 Å². The molecule has 0 aliphatic carbocycles. The Morgan fingerprint density at radius 2 is 1.86 bits per heavy atom. The summed E-state index contributed by atoms with van der Waals surface area (Å²) in [7, 11) is -5.08. The zero-order chi connectivity index (χ0) is 16.4. The highest BCUT2D eigenvalue weighted by Crippen LogP contribution is 2.45. The molecule has 0 heterocycles. The number of phosphoric acid groups is 1. The molecule has 1 atom stereocenters. The zero-order valence-electron chi connectivity index (χ0n) is 10.6. The van der Waals surface area contributed by atoms with Gasteiger partial charge in [0.2, 0.25) is 5.75 Å². The van der Waals surface area contributed by atoms with E-state index in [2.05, 4.69) is 4.52 Å². The molecular weight excluding hydrogens is 311 g/mol. The molecule has 21 heavy (non-hydrogen) atoms. The molecule has 3 N–H and O–H groups in total. The Kier molecular flexibility index (Phi) is 4.97.